The van der Waals surface area contributed by atoms with Gasteiger partial charge in [-0.2, -0.15) is 0 Å². The van der Waals surface area contributed by atoms with Crippen LogP contribution >= 0.6 is 0 Å². The van der Waals surface area contributed by atoms with Gasteiger partial charge in [0.2, 0.25) is 11.8 Å². The largest absolute Gasteiger partial charge is 0.466 e. The van der Waals surface area contributed by atoms with Crippen LogP contribution in [0.1, 0.15) is 48.5 Å². The highest BCUT2D eigenvalue weighted by atomic mass is 16.5. The Kier molecular flexibility index (Phi) is 9.74. The molecule has 3 amide bonds. The van der Waals surface area contributed by atoms with E-state index in [-0.39, 0.29) is 18.7 Å². The van der Waals surface area contributed by atoms with Crippen LogP contribution in [0.4, 0.5) is 5.69 Å². The fraction of sp³-hybridized carbons (Fsp3) is 0.304. The Balaban J connectivity index is 1.60. The molecule has 8 heteroatoms. The quantitative estimate of drug-likeness (QED) is 0.308. The molecule has 0 aliphatic carbocycles. The Morgan fingerprint density at radius 3 is 2.23 bits per heavy atom. The van der Waals surface area contributed by atoms with Crippen LogP contribution in [0, 0.1) is 0 Å². The molecular weight excluding hydrogens is 398 g/mol. The van der Waals surface area contributed by atoms with Crippen molar-refractivity contribution in [3.8, 4) is 0 Å². The van der Waals surface area contributed by atoms with Gasteiger partial charge in [0.05, 0.1) is 13.0 Å². The zero-order chi connectivity index (χ0) is 22.5. The van der Waals surface area contributed by atoms with E-state index in [2.05, 4.69) is 16.2 Å². The van der Waals surface area contributed by atoms with Crippen LogP contribution in [0.3, 0.4) is 0 Å². The van der Waals surface area contributed by atoms with Crippen LogP contribution in [0.2, 0.25) is 0 Å². The molecule has 0 heterocycles. The molecule has 2 aromatic carbocycles. The molecule has 0 aromatic heterocycles. The molecular formula is C23H27N3O5. The molecule has 0 radical (unpaired) electrons. The summed E-state index contributed by atoms with van der Waals surface area (Å²) in [6.45, 7) is 2.03. The lowest BCUT2D eigenvalue weighted by Crippen LogP contribution is -2.41. The minimum atomic E-state index is -0.509. The molecule has 0 spiro atoms. The van der Waals surface area contributed by atoms with Gasteiger partial charge in [-0.1, -0.05) is 37.3 Å². The number of amides is 3. The van der Waals surface area contributed by atoms with Crippen molar-refractivity contribution < 1.29 is 23.9 Å². The minimum absolute atomic E-state index is 0.0706. The molecule has 31 heavy (non-hydrogen) atoms. The van der Waals surface area contributed by atoms with Crippen molar-refractivity contribution in [3.63, 3.8) is 0 Å². The molecule has 0 saturated carbocycles. The zero-order valence-corrected chi connectivity index (χ0v) is 17.5. The number of esters is 1. The summed E-state index contributed by atoms with van der Waals surface area (Å²) >= 11 is 0. The van der Waals surface area contributed by atoms with E-state index in [9.17, 15) is 19.2 Å². The van der Waals surface area contributed by atoms with E-state index >= 15 is 0 Å². The molecule has 8 nitrogen and oxygen atoms in total. The number of hydrogen-bond donors (Lipinski definition) is 3. The average molecular weight is 425 g/mol. The van der Waals surface area contributed by atoms with Crippen LogP contribution in [-0.2, 0) is 25.5 Å². The number of anilines is 1. The maximum absolute atomic E-state index is 12.1. The first-order valence-electron chi connectivity index (χ1n) is 10.2. The summed E-state index contributed by atoms with van der Waals surface area (Å²) in [6.07, 6.45) is 1.71. The number of hydrazine groups is 1. The molecule has 0 bridgehead atoms. The highest BCUT2D eigenvalue weighted by molar-refractivity contribution is 5.96. The van der Waals surface area contributed by atoms with Crippen LogP contribution in [0.25, 0.3) is 0 Å². The molecule has 3 N–H and O–H groups in total. The van der Waals surface area contributed by atoms with Crippen molar-refractivity contribution in [2.45, 2.75) is 39.0 Å². The first-order chi connectivity index (χ1) is 15.0. The summed E-state index contributed by atoms with van der Waals surface area (Å²) in [6, 6.07) is 16.1. The van der Waals surface area contributed by atoms with Gasteiger partial charge in [0.25, 0.3) is 5.91 Å². The first kappa shape index (κ1) is 23.6. The molecule has 0 aliphatic rings. The third-order valence-corrected chi connectivity index (χ3v) is 4.34. The Labute approximate surface area is 181 Å². The van der Waals surface area contributed by atoms with Gasteiger partial charge in [-0.15, -0.1) is 0 Å². The van der Waals surface area contributed by atoms with Crippen molar-refractivity contribution in [2.24, 2.45) is 0 Å². The highest BCUT2D eigenvalue weighted by Gasteiger charge is 2.10. The summed E-state index contributed by atoms with van der Waals surface area (Å²) in [7, 11) is 0. The summed E-state index contributed by atoms with van der Waals surface area (Å²) < 4.78 is 5.12. The summed E-state index contributed by atoms with van der Waals surface area (Å²) in [5.74, 6) is -1.59. The van der Waals surface area contributed by atoms with Crippen molar-refractivity contribution in [3.05, 3.63) is 65.7 Å². The molecule has 0 aliphatic heterocycles. The normalized spacial score (nSPS) is 10.1. The molecule has 164 valence electrons. The van der Waals surface area contributed by atoms with Gasteiger partial charge in [0.1, 0.15) is 0 Å². The second-order valence-corrected chi connectivity index (χ2v) is 6.79. The lowest BCUT2D eigenvalue weighted by Gasteiger charge is -2.09. The van der Waals surface area contributed by atoms with Crippen molar-refractivity contribution >= 4 is 29.4 Å². The van der Waals surface area contributed by atoms with Crippen molar-refractivity contribution in [1.82, 2.24) is 10.9 Å². The van der Waals surface area contributed by atoms with Gasteiger partial charge in [0, 0.05) is 24.1 Å². The summed E-state index contributed by atoms with van der Waals surface area (Å²) in [5, 5.41) is 2.68. The summed E-state index contributed by atoms with van der Waals surface area (Å²) in [5.41, 5.74) is 6.62. The molecule has 0 atom stereocenters. The predicted molar refractivity (Wildman–Crippen MR) is 116 cm³/mol. The van der Waals surface area contributed by atoms with Crippen molar-refractivity contribution in [1.29, 1.82) is 0 Å². The monoisotopic (exact) mass is 425 g/mol. The number of benzene rings is 2. The van der Waals surface area contributed by atoms with Gasteiger partial charge in [0.15, 0.2) is 0 Å². The van der Waals surface area contributed by atoms with Gasteiger partial charge >= 0.3 is 5.97 Å². The van der Waals surface area contributed by atoms with E-state index in [0.717, 1.165) is 6.42 Å². The zero-order valence-electron chi connectivity index (χ0n) is 17.5. The van der Waals surface area contributed by atoms with Gasteiger partial charge in [-0.3, -0.25) is 30.0 Å². The second kappa shape index (κ2) is 12.8. The fourth-order valence-corrected chi connectivity index (χ4v) is 2.61. The van der Waals surface area contributed by atoms with Gasteiger partial charge < -0.3 is 10.1 Å². The summed E-state index contributed by atoms with van der Waals surface area (Å²) in [4.78, 5) is 47.0. The van der Waals surface area contributed by atoms with Crippen molar-refractivity contribution in [2.75, 3.05) is 11.9 Å². The Morgan fingerprint density at radius 1 is 0.839 bits per heavy atom. The van der Waals surface area contributed by atoms with E-state index in [1.807, 2.05) is 30.3 Å². The minimum Gasteiger partial charge on any atom is -0.466 e. The number of carbonyl (C=O) groups excluding carboxylic acids is 4. The van der Waals surface area contributed by atoms with Crippen LogP contribution in [0.15, 0.2) is 54.6 Å². The fourth-order valence-electron chi connectivity index (χ4n) is 2.61. The smallest absolute Gasteiger partial charge is 0.306 e. The first-order valence-corrected chi connectivity index (χ1v) is 10.2. The number of nitrogens with one attached hydrogen (secondary N) is 3. The van der Waals surface area contributed by atoms with Crippen LogP contribution in [0.5, 0.6) is 0 Å². The molecule has 0 unspecified atom stereocenters. The van der Waals surface area contributed by atoms with Gasteiger partial charge in [-0.25, -0.2) is 0 Å². The average Bonchev–Trinajstić information content (AvgIpc) is 2.80. The van der Waals surface area contributed by atoms with Gasteiger partial charge in [-0.05, 0) is 42.7 Å². The van der Waals surface area contributed by atoms with E-state index < -0.39 is 17.8 Å². The van der Waals surface area contributed by atoms with E-state index in [4.69, 9.17) is 4.74 Å². The third kappa shape index (κ3) is 9.12. The van der Waals surface area contributed by atoms with Crippen LogP contribution in [-0.4, -0.2) is 30.3 Å². The van der Waals surface area contributed by atoms with E-state index in [1.165, 1.54) is 17.7 Å². The number of aryl methyl sites for hydroxylation is 1. The van der Waals surface area contributed by atoms with E-state index in [1.54, 1.807) is 19.1 Å². The molecule has 2 rings (SSSR count). The Morgan fingerprint density at radius 2 is 1.55 bits per heavy atom. The maximum atomic E-state index is 12.1. The van der Waals surface area contributed by atoms with E-state index in [0.29, 0.717) is 30.7 Å². The Bertz CT molecular complexity index is 882. The molecule has 0 saturated heterocycles. The van der Waals surface area contributed by atoms with Crippen LogP contribution < -0.4 is 16.2 Å². The number of rotatable bonds is 10. The standard InChI is InChI=1S/C23H27N3O5/c1-2-20(27)24-19-12-10-18(11-13-19)23(30)26-25-21(28)14-15-22(29)31-16-6-9-17-7-4-3-5-8-17/h3-5,7-8,10-13H,2,6,9,14-16H2,1H3,(H,24,27)(H,25,28)(H,26,30). The number of hydrogen-bond acceptors (Lipinski definition) is 5. The topological polar surface area (TPSA) is 114 Å². The number of ether oxygens (including phenoxy) is 1. The predicted octanol–water partition coefficient (Wildman–Crippen LogP) is 2.75. The Hall–Kier alpha value is -3.68. The SMILES string of the molecule is CCC(=O)Nc1ccc(C(=O)NNC(=O)CCC(=O)OCCCc2ccccc2)cc1. The highest BCUT2D eigenvalue weighted by Crippen LogP contribution is 2.10. The number of carbonyl (C=O) groups is 4. The lowest BCUT2D eigenvalue weighted by atomic mass is 10.1. The lowest BCUT2D eigenvalue weighted by molar-refractivity contribution is -0.145. The molecule has 0 fully saturated rings. The second-order valence-electron chi connectivity index (χ2n) is 6.79. The molecule has 2 aromatic rings. The third-order valence-electron chi connectivity index (χ3n) is 4.34. The maximum Gasteiger partial charge on any atom is 0.306 e.